The van der Waals surface area contributed by atoms with Crippen LogP contribution in [0.5, 0.6) is 0 Å². The monoisotopic (exact) mass is 405 g/mol. The number of nitrogens with two attached hydrogens (primary N) is 1. The number of nitrogens with zero attached hydrogens (tertiary/aromatic N) is 2. The van der Waals surface area contributed by atoms with E-state index >= 15 is 0 Å². The molecule has 1 aromatic carbocycles. The average molecular weight is 405 g/mol. The lowest BCUT2D eigenvalue weighted by molar-refractivity contribution is -0.149. The standard InChI is InChI=1S/C20H22F3N5O/c21-20(22,23)17(24)12-5-4-6-13(11-12)26-18-16-15(9-10-25-19(16)29)28(27-18)14-7-2-1-3-8-14/h4-6,9-11,14,17H,1-3,7-8,24H2,(H,25,29)(H,26,27). The number of rotatable bonds is 4. The quantitative estimate of drug-likeness (QED) is 0.595. The van der Waals surface area contributed by atoms with Crippen molar-refractivity contribution in [3.8, 4) is 0 Å². The van der Waals surface area contributed by atoms with E-state index in [1.54, 1.807) is 18.3 Å². The zero-order chi connectivity index (χ0) is 20.6. The van der Waals surface area contributed by atoms with E-state index in [1.165, 1.54) is 24.6 Å². The number of benzene rings is 1. The summed E-state index contributed by atoms with van der Waals surface area (Å²) in [6.45, 7) is 0. The van der Waals surface area contributed by atoms with E-state index in [0.29, 0.717) is 22.4 Å². The highest BCUT2D eigenvalue weighted by Crippen LogP contribution is 2.34. The molecule has 1 saturated carbocycles. The van der Waals surface area contributed by atoms with Gasteiger partial charge in [-0.15, -0.1) is 0 Å². The van der Waals surface area contributed by atoms with Crippen LogP contribution in [0.3, 0.4) is 0 Å². The molecule has 0 saturated heterocycles. The Morgan fingerprint density at radius 1 is 1.21 bits per heavy atom. The van der Waals surface area contributed by atoms with E-state index < -0.39 is 12.2 Å². The molecule has 1 aliphatic carbocycles. The SMILES string of the molecule is NC(c1cccc(Nc2nn(C3CCCCC3)c3cc[nH]c(=O)c23)c1)C(F)(F)F. The third kappa shape index (κ3) is 3.87. The Balaban J connectivity index is 1.73. The fourth-order valence-electron chi connectivity index (χ4n) is 3.93. The Hall–Kier alpha value is -2.81. The summed E-state index contributed by atoms with van der Waals surface area (Å²) in [6.07, 6.45) is 2.42. The van der Waals surface area contributed by atoms with Crippen LogP contribution in [0.25, 0.3) is 10.9 Å². The highest BCUT2D eigenvalue weighted by atomic mass is 19.4. The highest BCUT2D eigenvalue weighted by Gasteiger charge is 2.37. The molecule has 3 aromatic rings. The minimum absolute atomic E-state index is 0.0626. The van der Waals surface area contributed by atoms with Gasteiger partial charge in [-0.25, -0.2) is 0 Å². The molecule has 1 atom stereocenters. The van der Waals surface area contributed by atoms with Gasteiger partial charge in [-0.2, -0.15) is 18.3 Å². The second-order valence-corrected chi connectivity index (χ2v) is 7.42. The Morgan fingerprint density at radius 2 is 1.97 bits per heavy atom. The maximum Gasteiger partial charge on any atom is 0.407 e. The summed E-state index contributed by atoms with van der Waals surface area (Å²) < 4.78 is 40.7. The van der Waals surface area contributed by atoms with Crippen LogP contribution in [0.2, 0.25) is 0 Å². The number of hydrogen-bond acceptors (Lipinski definition) is 4. The first kappa shape index (κ1) is 19.5. The van der Waals surface area contributed by atoms with Gasteiger partial charge in [0.15, 0.2) is 5.82 Å². The Morgan fingerprint density at radius 3 is 2.69 bits per heavy atom. The van der Waals surface area contributed by atoms with Crippen molar-refractivity contribution in [1.29, 1.82) is 0 Å². The minimum atomic E-state index is -4.54. The second kappa shape index (κ2) is 7.55. The number of alkyl halides is 3. The van der Waals surface area contributed by atoms with E-state index in [1.807, 2.05) is 4.68 Å². The van der Waals surface area contributed by atoms with Gasteiger partial charge in [-0.3, -0.25) is 9.48 Å². The van der Waals surface area contributed by atoms with Gasteiger partial charge in [0.25, 0.3) is 5.56 Å². The fraction of sp³-hybridized carbons (Fsp3) is 0.400. The normalized spacial score (nSPS) is 16.8. The van der Waals surface area contributed by atoms with Crippen LogP contribution in [0, 0.1) is 0 Å². The van der Waals surface area contributed by atoms with Crippen LogP contribution in [0.15, 0.2) is 41.3 Å². The van der Waals surface area contributed by atoms with Crippen molar-refractivity contribution in [1.82, 2.24) is 14.8 Å². The number of fused-ring (bicyclic) bond motifs is 1. The maximum absolute atomic E-state index is 13.0. The smallest absolute Gasteiger partial charge is 0.338 e. The van der Waals surface area contributed by atoms with E-state index in [2.05, 4.69) is 15.4 Å². The molecule has 1 unspecified atom stereocenters. The third-order valence-corrected chi connectivity index (χ3v) is 5.41. The summed E-state index contributed by atoms with van der Waals surface area (Å²) in [4.78, 5) is 15.1. The third-order valence-electron chi connectivity index (χ3n) is 5.41. The Kier molecular flexibility index (Phi) is 5.08. The predicted molar refractivity (Wildman–Crippen MR) is 105 cm³/mol. The van der Waals surface area contributed by atoms with Crippen molar-refractivity contribution in [2.24, 2.45) is 5.73 Å². The molecule has 4 N–H and O–H groups in total. The number of pyridine rings is 1. The molecule has 0 spiro atoms. The molecule has 4 rings (SSSR count). The first-order valence-corrected chi connectivity index (χ1v) is 9.64. The van der Waals surface area contributed by atoms with Crippen molar-refractivity contribution in [3.63, 3.8) is 0 Å². The first-order valence-electron chi connectivity index (χ1n) is 9.64. The molecule has 1 fully saturated rings. The van der Waals surface area contributed by atoms with Gasteiger partial charge in [0.1, 0.15) is 11.4 Å². The van der Waals surface area contributed by atoms with Gasteiger partial charge in [0.05, 0.1) is 11.6 Å². The number of halogens is 3. The van der Waals surface area contributed by atoms with E-state index in [4.69, 9.17) is 5.73 Å². The number of hydrogen-bond donors (Lipinski definition) is 3. The number of aromatic amines is 1. The molecule has 0 bridgehead atoms. The lowest BCUT2D eigenvalue weighted by atomic mass is 9.95. The lowest BCUT2D eigenvalue weighted by Gasteiger charge is -2.22. The predicted octanol–water partition coefficient (Wildman–Crippen LogP) is 4.54. The zero-order valence-electron chi connectivity index (χ0n) is 15.7. The molecule has 2 heterocycles. The van der Waals surface area contributed by atoms with Crippen LogP contribution >= 0.6 is 0 Å². The van der Waals surface area contributed by atoms with Crippen molar-refractivity contribution < 1.29 is 13.2 Å². The number of aromatic nitrogens is 3. The van der Waals surface area contributed by atoms with Gasteiger partial charge in [-0.1, -0.05) is 31.4 Å². The summed E-state index contributed by atoms with van der Waals surface area (Å²) in [5.74, 6) is 0.324. The minimum Gasteiger partial charge on any atom is -0.338 e. The summed E-state index contributed by atoms with van der Waals surface area (Å²) in [5.41, 5.74) is 6.07. The number of nitrogens with one attached hydrogen (secondary N) is 2. The second-order valence-electron chi connectivity index (χ2n) is 7.42. The van der Waals surface area contributed by atoms with Gasteiger partial charge in [0.2, 0.25) is 0 Å². The molecule has 0 aliphatic heterocycles. The molecule has 0 amide bonds. The van der Waals surface area contributed by atoms with Crippen LogP contribution < -0.4 is 16.6 Å². The molecule has 0 radical (unpaired) electrons. The van der Waals surface area contributed by atoms with Crippen molar-refractivity contribution in [2.75, 3.05) is 5.32 Å². The molecule has 2 aromatic heterocycles. The van der Waals surface area contributed by atoms with Gasteiger partial charge in [0, 0.05) is 11.9 Å². The lowest BCUT2D eigenvalue weighted by Crippen LogP contribution is -2.28. The molecular weight excluding hydrogens is 383 g/mol. The molecule has 1 aliphatic rings. The van der Waals surface area contributed by atoms with Crippen molar-refractivity contribution >= 4 is 22.4 Å². The molecular formula is C20H22F3N5O. The summed E-state index contributed by atoms with van der Waals surface area (Å²) in [7, 11) is 0. The summed E-state index contributed by atoms with van der Waals surface area (Å²) in [6, 6.07) is 5.70. The first-order chi connectivity index (χ1) is 13.8. The fourth-order valence-corrected chi connectivity index (χ4v) is 3.93. The largest absolute Gasteiger partial charge is 0.407 e. The van der Waals surface area contributed by atoms with Crippen LogP contribution in [0.4, 0.5) is 24.7 Å². The average Bonchev–Trinajstić information content (AvgIpc) is 3.07. The van der Waals surface area contributed by atoms with Crippen LogP contribution in [0.1, 0.15) is 49.8 Å². The van der Waals surface area contributed by atoms with E-state index in [0.717, 1.165) is 25.7 Å². The molecule has 29 heavy (non-hydrogen) atoms. The summed E-state index contributed by atoms with van der Waals surface area (Å²) in [5, 5.41) is 8.04. The molecule has 6 nitrogen and oxygen atoms in total. The molecule has 154 valence electrons. The number of H-pyrrole nitrogens is 1. The Labute approximate surface area is 164 Å². The van der Waals surface area contributed by atoms with Crippen LogP contribution in [-0.4, -0.2) is 20.9 Å². The zero-order valence-corrected chi connectivity index (χ0v) is 15.7. The van der Waals surface area contributed by atoms with Crippen molar-refractivity contribution in [3.05, 3.63) is 52.4 Å². The van der Waals surface area contributed by atoms with E-state index in [9.17, 15) is 18.0 Å². The van der Waals surface area contributed by atoms with Crippen LogP contribution in [-0.2, 0) is 0 Å². The topological polar surface area (TPSA) is 88.7 Å². The maximum atomic E-state index is 13.0. The highest BCUT2D eigenvalue weighted by molar-refractivity contribution is 5.91. The molecule has 9 heteroatoms. The van der Waals surface area contributed by atoms with Gasteiger partial charge < -0.3 is 16.0 Å². The Bertz CT molecular complexity index is 1070. The van der Waals surface area contributed by atoms with Crippen molar-refractivity contribution in [2.45, 2.75) is 50.4 Å². The van der Waals surface area contributed by atoms with E-state index in [-0.39, 0.29) is 17.2 Å². The van der Waals surface area contributed by atoms with Gasteiger partial charge >= 0.3 is 6.18 Å². The summed E-state index contributed by atoms with van der Waals surface area (Å²) >= 11 is 0. The number of anilines is 2. The van der Waals surface area contributed by atoms with Gasteiger partial charge in [-0.05, 0) is 36.6 Å².